The summed E-state index contributed by atoms with van der Waals surface area (Å²) in [5.74, 6) is 0. The van der Waals surface area contributed by atoms with Crippen molar-refractivity contribution in [1.82, 2.24) is 0 Å². The third-order valence-corrected chi connectivity index (χ3v) is 3.09. The summed E-state index contributed by atoms with van der Waals surface area (Å²) in [5, 5.41) is 1.27. The van der Waals surface area contributed by atoms with Crippen LogP contribution in [0.25, 0.3) is 0 Å². The minimum absolute atomic E-state index is 0.115. The Bertz CT molecular complexity index is 388. The molecule has 88 valence electrons. The van der Waals surface area contributed by atoms with Gasteiger partial charge in [0.25, 0.3) is 0 Å². The molecule has 0 radical (unpaired) electrons. The molecule has 0 atom stereocenters. The predicted molar refractivity (Wildman–Crippen MR) is 76.0 cm³/mol. The van der Waals surface area contributed by atoms with Crippen LogP contribution in [0, 0.1) is 0 Å². The van der Waals surface area contributed by atoms with E-state index in [1.165, 1.54) is 0 Å². The molecule has 0 bridgehead atoms. The second-order valence-electron chi connectivity index (χ2n) is 4.54. The first-order valence-corrected chi connectivity index (χ1v) is 6.50. The zero-order valence-corrected chi connectivity index (χ0v) is 12.2. The van der Waals surface area contributed by atoms with Gasteiger partial charge in [0.2, 0.25) is 0 Å². The fraction of sp³-hybridized carbons (Fsp3) is 0.417. The highest BCUT2D eigenvalue weighted by Gasteiger charge is 2.10. The lowest BCUT2D eigenvalue weighted by Gasteiger charge is -2.13. The van der Waals surface area contributed by atoms with Crippen LogP contribution in [0.5, 0.6) is 0 Å². The van der Waals surface area contributed by atoms with E-state index in [4.69, 9.17) is 23.2 Å². The number of nitrogens with zero attached hydrogens (tertiary/aromatic N) is 1. The Labute approximate surface area is 111 Å². The molecule has 0 aliphatic rings. The van der Waals surface area contributed by atoms with Crippen molar-refractivity contribution in [1.29, 1.82) is 0 Å². The molecule has 0 heterocycles. The second kappa shape index (κ2) is 5.44. The SMILES string of the molecule is C/C(=N\SC(C)(C)C)c1cc(Cl)cc(Cl)c1. The van der Waals surface area contributed by atoms with Crippen LogP contribution in [0.1, 0.15) is 33.3 Å². The van der Waals surface area contributed by atoms with Crippen molar-refractivity contribution in [2.24, 2.45) is 4.40 Å². The van der Waals surface area contributed by atoms with Gasteiger partial charge in [-0.05, 0) is 63.4 Å². The maximum absolute atomic E-state index is 5.94. The number of benzene rings is 1. The van der Waals surface area contributed by atoms with Gasteiger partial charge in [0.15, 0.2) is 0 Å². The van der Waals surface area contributed by atoms with Crippen LogP contribution in [0.3, 0.4) is 0 Å². The van der Waals surface area contributed by atoms with Crippen LogP contribution in [-0.2, 0) is 0 Å². The molecule has 0 unspecified atom stereocenters. The first-order chi connectivity index (χ1) is 7.28. The van der Waals surface area contributed by atoms with Gasteiger partial charge >= 0.3 is 0 Å². The first kappa shape index (κ1) is 13.9. The van der Waals surface area contributed by atoms with Crippen molar-refractivity contribution < 1.29 is 0 Å². The normalized spacial score (nSPS) is 13.0. The Balaban J connectivity index is 2.91. The third kappa shape index (κ3) is 4.77. The van der Waals surface area contributed by atoms with Gasteiger partial charge in [-0.15, -0.1) is 0 Å². The van der Waals surface area contributed by atoms with Crippen molar-refractivity contribution in [2.75, 3.05) is 0 Å². The maximum Gasteiger partial charge on any atom is 0.0529 e. The first-order valence-electron chi connectivity index (χ1n) is 4.97. The quantitative estimate of drug-likeness (QED) is 0.531. The van der Waals surface area contributed by atoms with E-state index in [1.54, 1.807) is 18.0 Å². The van der Waals surface area contributed by atoms with E-state index in [0.717, 1.165) is 11.3 Å². The van der Waals surface area contributed by atoms with E-state index in [9.17, 15) is 0 Å². The monoisotopic (exact) mass is 275 g/mol. The summed E-state index contributed by atoms with van der Waals surface area (Å²) in [5.41, 5.74) is 1.90. The fourth-order valence-corrected chi connectivity index (χ4v) is 2.06. The highest BCUT2D eigenvalue weighted by atomic mass is 35.5. The Hall–Kier alpha value is -0.180. The molecule has 0 N–H and O–H groups in total. The van der Waals surface area contributed by atoms with Crippen molar-refractivity contribution >= 4 is 40.9 Å². The number of hydrogen-bond acceptors (Lipinski definition) is 2. The maximum atomic E-state index is 5.94. The summed E-state index contributed by atoms with van der Waals surface area (Å²) < 4.78 is 4.58. The van der Waals surface area contributed by atoms with Gasteiger partial charge in [-0.25, -0.2) is 4.40 Å². The third-order valence-electron chi connectivity index (χ3n) is 1.74. The van der Waals surface area contributed by atoms with Crippen LogP contribution in [0.15, 0.2) is 22.6 Å². The lowest BCUT2D eigenvalue weighted by molar-refractivity contribution is 0.804. The lowest BCUT2D eigenvalue weighted by Crippen LogP contribution is -2.06. The molecular weight excluding hydrogens is 261 g/mol. The van der Waals surface area contributed by atoms with Crippen LogP contribution in [0.4, 0.5) is 0 Å². The lowest BCUT2D eigenvalue weighted by atomic mass is 10.1. The molecule has 1 aromatic rings. The van der Waals surface area contributed by atoms with Gasteiger partial charge in [0, 0.05) is 14.8 Å². The minimum atomic E-state index is 0.115. The van der Waals surface area contributed by atoms with Crippen molar-refractivity contribution in [2.45, 2.75) is 32.4 Å². The molecule has 1 aromatic carbocycles. The average molecular weight is 276 g/mol. The van der Waals surface area contributed by atoms with E-state index in [2.05, 4.69) is 25.2 Å². The smallest absolute Gasteiger partial charge is 0.0529 e. The average Bonchev–Trinajstić information content (AvgIpc) is 2.11. The van der Waals surface area contributed by atoms with Crippen molar-refractivity contribution in [3.63, 3.8) is 0 Å². The zero-order valence-electron chi connectivity index (χ0n) is 9.84. The van der Waals surface area contributed by atoms with E-state index in [0.29, 0.717) is 10.0 Å². The molecule has 1 rings (SSSR count). The summed E-state index contributed by atoms with van der Waals surface area (Å²) >= 11 is 13.4. The number of halogens is 2. The summed E-state index contributed by atoms with van der Waals surface area (Å²) in [6.45, 7) is 8.33. The molecule has 0 aromatic heterocycles. The van der Waals surface area contributed by atoms with E-state index < -0.39 is 0 Å². The van der Waals surface area contributed by atoms with E-state index in [1.807, 2.05) is 19.1 Å². The second-order valence-corrected chi connectivity index (χ2v) is 7.00. The molecule has 1 nitrogen and oxygen atoms in total. The topological polar surface area (TPSA) is 12.4 Å². The molecule has 0 aliphatic carbocycles. The van der Waals surface area contributed by atoms with Gasteiger partial charge in [-0.1, -0.05) is 23.2 Å². The highest BCUT2D eigenvalue weighted by molar-refractivity contribution is 7.99. The predicted octanol–water partition coefficient (Wildman–Crippen LogP) is 5.25. The van der Waals surface area contributed by atoms with Gasteiger partial charge in [0.05, 0.1) is 5.71 Å². The van der Waals surface area contributed by atoms with E-state index in [-0.39, 0.29) is 4.75 Å². The minimum Gasteiger partial charge on any atom is -0.220 e. The number of hydrogen-bond donors (Lipinski definition) is 0. The Morgan fingerprint density at radius 2 is 1.62 bits per heavy atom. The summed E-state index contributed by atoms with van der Waals surface area (Å²) in [6.07, 6.45) is 0. The molecule has 0 fully saturated rings. The van der Waals surface area contributed by atoms with Crippen LogP contribution < -0.4 is 0 Å². The largest absolute Gasteiger partial charge is 0.220 e. The Kier molecular flexibility index (Phi) is 4.72. The number of rotatable bonds is 2. The van der Waals surface area contributed by atoms with Gasteiger partial charge in [-0.3, -0.25) is 0 Å². The molecular formula is C12H15Cl2NS. The van der Waals surface area contributed by atoms with Gasteiger partial charge < -0.3 is 0 Å². The molecule has 16 heavy (non-hydrogen) atoms. The summed E-state index contributed by atoms with van der Waals surface area (Å²) in [4.78, 5) is 0. The van der Waals surface area contributed by atoms with Crippen molar-refractivity contribution in [3.05, 3.63) is 33.8 Å². The van der Waals surface area contributed by atoms with Gasteiger partial charge in [0.1, 0.15) is 0 Å². The zero-order chi connectivity index (χ0) is 12.3. The fourth-order valence-electron chi connectivity index (χ4n) is 1.02. The van der Waals surface area contributed by atoms with Crippen LogP contribution in [0.2, 0.25) is 10.0 Å². The van der Waals surface area contributed by atoms with Crippen LogP contribution in [-0.4, -0.2) is 10.5 Å². The summed E-state index contributed by atoms with van der Waals surface area (Å²) in [6, 6.07) is 5.46. The molecule has 0 aliphatic heterocycles. The van der Waals surface area contributed by atoms with Crippen molar-refractivity contribution in [3.8, 4) is 0 Å². The van der Waals surface area contributed by atoms with Crippen LogP contribution >= 0.6 is 35.1 Å². The molecule has 0 amide bonds. The molecule has 0 spiro atoms. The molecule has 4 heteroatoms. The summed E-state index contributed by atoms with van der Waals surface area (Å²) in [7, 11) is 0. The molecule has 0 saturated carbocycles. The Morgan fingerprint density at radius 1 is 1.12 bits per heavy atom. The van der Waals surface area contributed by atoms with E-state index >= 15 is 0 Å². The highest BCUT2D eigenvalue weighted by Crippen LogP contribution is 2.26. The standard InChI is InChI=1S/C12H15Cl2NS/c1-8(15-16-12(2,3)4)9-5-10(13)7-11(14)6-9/h5-7H,1-4H3/b15-8+. The van der Waals surface area contributed by atoms with Gasteiger partial charge in [-0.2, -0.15) is 0 Å². The molecule has 0 saturated heterocycles. The Morgan fingerprint density at radius 3 is 2.06 bits per heavy atom.